The summed E-state index contributed by atoms with van der Waals surface area (Å²) in [4.78, 5) is 29.9. The van der Waals surface area contributed by atoms with E-state index in [0.717, 1.165) is 15.4 Å². The van der Waals surface area contributed by atoms with Crippen molar-refractivity contribution < 1.29 is 18.0 Å². The van der Waals surface area contributed by atoms with E-state index < -0.39 is 34.4 Å². The normalized spacial score (nSPS) is 12.7. The molecular formula is C35H35Cl4N3O4S. The van der Waals surface area contributed by atoms with Crippen molar-refractivity contribution in [3.05, 3.63) is 128 Å². The predicted octanol–water partition coefficient (Wildman–Crippen LogP) is 8.36. The van der Waals surface area contributed by atoms with Gasteiger partial charge in [0, 0.05) is 39.6 Å². The van der Waals surface area contributed by atoms with E-state index >= 15 is 0 Å². The first-order valence-electron chi connectivity index (χ1n) is 14.9. The molecule has 0 heterocycles. The second kappa shape index (κ2) is 16.2. The summed E-state index contributed by atoms with van der Waals surface area (Å²) in [5.74, 6) is -1.10. The van der Waals surface area contributed by atoms with Gasteiger partial charge in [-0.2, -0.15) is 0 Å². The van der Waals surface area contributed by atoms with Gasteiger partial charge in [0.05, 0.1) is 15.6 Å². The van der Waals surface area contributed by atoms with E-state index in [1.54, 1.807) is 30.3 Å². The number of sulfonamides is 1. The highest BCUT2D eigenvalue weighted by molar-refractivity contribution is 7.92. The molecule has 0 aliphatic carbocycles. The van der Waals surface area contributed by atoms with Crippen molar-refractivity contribution in [3.8, 4) is 0 Å². The summed E-state index contributed by atoms with van der Waals surface area (Å²) in [6, 6.07) is 23.5. The molecule has 4 rings (SSSR count). The number of carbonyl (C=O) groups excluding carboxylic acids is 2. The van der Waals surface area contributed by atoms with Crippen LogP contribution in [0.3, 0.4) is 0 Å². The van der Waals surface area contributed by atoms with Crippen LogP contribution in [0.2, 0.25) is 20.1 Å². The van der Waals surface area contributed by atoms with Crippen LogP contribution in [0.5, 0.6) is 0 Å². The lowest BCUT2D eigenvalue weighted by atomic mass is 10.0. The zero-order valence-corrected chi connectivity index (χ0v) is 29.9. The van der Waals surface area contributed by atoms with Gasteiger partial charge in [-0.1, -0.05) is 107 Å². The standard InChI is InChI=1S/C35H35Cl4N3O4S/c1-4-24(3)40-35(44)33(19-25-9-6-5-7-10-25)41(21-28-29(37)11-8-12-30(28)38)34(43)22-42(32-20-26(36)15-18-31(32)39)47(45,46)27-16-13-23(2)14-17-27/h5-18,20,24,33H,4,19,21-22H2,1-3H3,(H,40,44)/t24-,33+/m1/s1. The summed E-state index contributed by atoms with van der Waals surface area (Å²) in [5, 5.41) is 3.86. The Labute approximate surface area is 296 Å². The van der Waals surface area contributed by atoms with E-state index in [-0.39, 0.29) is 49.7 Å². The van der Waals surface area contributed by atoms with Crippen LogP contribution in [0.1, 0.15) is 37.0 Å². The highest BCUT2D eigenvalue weighted by Gasteiger charge is 2.36. The van der Waals surface area contributed by atoms with E-state index in [1.807, 2.05) is 51.1 Å². The zero-order chi connectivity index (χ0) is 34.3. The number of halogens is 4. The molecule has 7 nitrogen and oxygen atoms in total. The number of hydrogen-bond acceptors (Lipinski definition) is 4. The molecule has 0 bridgehead atoms. The number of rotatable bonds is 13. The smallest absolute Gasteiger partial charge is 0.264 e. The number of hydrogen-bond donors (Lipinski definition) is 1. The molecule has 12 heteroatoms. The van der Waals surface area contributed by atoms with Crippen LogP contribution >= 0.6 is 46.4 Å². The van der Waals surface area contributed by atoms with Crippen molar-refractivity contribution >= 4 is 73.9 Å². The number of aryl methyl sites for hydroxylation is 1. The summed E-state index contributed by atoms with van der Waals surface area (Å²) in [6.07, 6.45) is 0.795. The summed E-state index contributed by atoms with van der Waals surface area (Å²) < 4.78 is 29.4. The Morgan fingerprint density at radius 3 is 2.09 bits per heavy atom. The second-order valence-electron chi connectivity index (χ2n) is 11.2. The van der Waals surface area contributed by atoms with Crippen LogP contribution in [-0.4, -0.2) is 43.8 Å². The Hall–Kier alpha value is -3.27. The molecule has 0 aromatic heterocycles. The van der Waals surface area contributed by atoms with Crippen molar-refractivity contribution in [1.82, 2.24) is 10.2 Å². The van der Waals surface area contributed by atoms with Gasteiger partial charge in [-0.25, -0.2) is 8.42 Å². The van der Waals surface area contributed by atoms with Gasteiger partial charge < -0.3 is 10.2 Å². The molecule has 0 saturated carbocycles. The lowest BCUT2D eigenvalue weighted by Gasteiger charge is -2.35. The van der Waals surface area contributed by atoms with Gasteiger partial charge in [-0.05, 0) is 68.3 Å². The molecule has 0 spiro atoms. The van der Waals surface area contributed by atoms with Crippen LogP contribution in [0.25, 0.3) is 0 Å². The zero-order valence-electron chi connectivity index (χ0n) is 26.1. The monoisotopic (exact) mass is 733 g/mol. The molecule has 0 saturated heterocycles. The Morgan fingerprint density at radius 2 is 1.47 bits per heavy atom. The number of benzene rings is 4. The maximum atomic E-state index is 14.7. The molecule has 0 unspecified atom stereocenters. The third-order valence-electron chi connectivity index (χ3n) is 7.73. The van der Waals surface area contributed by atoms with E-state index in [4.69, 9.17) is 46.4 Å². The van der Waals surface area contributed by atoms with E-state index in [9.17, 15) is 18.0 Å². The number of carbonyl (C=O) groups is 2. The van der Waals surface area contributed by atoms with Gasteiger partial charge in [0.15, 0.2) is 0 Å². The average molecular weight is 736 g/mol. The third-order valence-corrected chi connectivity index (χ3v) is 10.8. The molecule has 4 aromatic carbocycles. The molecule has 4 aromatic rings. The van der Waals surface area contributed by atoms with Gasteiger partial charge in [0.25, 0.3) is 10.0 Å². The minimum absolute atomic E-state index is 0.00693. The first kappa shape index (κ1) is 36.6. The fraction of sp³-hybridized carbons (Fsp3) is 0.257. The lowest BCUT2D eigenvalue weighted by molar-refractivity contribution is -0.140. The first-order valence-corrected chi connectivity index (χ1v) is 17.9. The lowest BCUT2D eigenvalue weighted by Crippen LogP contribution is -2.54. The summed E-state index contributed by atoms with van der Waals surface area (Å²) >= 11 is 26.0. The third kappa shape index (κ3) is 9.21. The molecule has 248 valence electrons. The molecule has 1 N–H and O–H groups in total. The highest BCUT2D eigenvalue weighted by Crippen LogP contribution is 2.34. The van der Waals surface area contributed by atoms with Gasteiger partial charge in [0.2, 0.25) is 11.8 Å². The van der Waals surface area contributed by atoms with Gasteiger partial charge in [-0.15, -0.1) is 0 Å². The highest BCUT2D eigenvalue weighted by atomic mass is 35.5. The minimum Gasteiger partial charge on any atom is -0.352 e. The topological polar surface area (TPSA) is 86.8 Å². The molecule has 2 atom stereocenters. The van der Waals surface area contributed by atoms with Crippen LogP contribution in [0.4, 0.5) is 5.69 Å². The molecular weight excluding hydrogens is 700 g/mol. The Kier molecular flexibility index (Phi) is 12.6. The molecule has 2 amide bonds. The molecule has 47 heavy (non-hydrogen) atoms. The Bertz CT molecular complexity index is 1800. The van der Waals surface area contributed by atoms with Crippen molar-refractivity contribution in [2.75, 3.05) is 10.8 Å². The molecule has 0 fully saturated rings. The average Bonchev–Trinajstić information content (AvgIpc) is 3.04. The number of nitrogens with one attached hydrogen (secondary N) is 1. The quantitative estimate of drug-likeness (QED) is 0.150. The minimum atomic E-state index is -4.37. The van der Waals surface area contributed by atoms with Crippen molar-refractivity contribution in [2.45, 2.75) is 57.1 Å². The van der Waals surface area contributed by atoms with E-state index in [2.05, 4.69) is 5.32 Å². The maximum absolute atomic E-state index is 14.7. The van der Waals surface area contributed by atoms with Crippen molar-refractivity contribution in [3.63, 3.8) is 0 Å². The largest absolute Gasteiger partial charge is 0.352 e. The van der Waals surface area contributed by atoms with Gasteiger partial charge in [-0.3, -0.25) is 13.9 Å². The van der Waals surface area contributed by atoms with Gasteiger partial charge in [0.1, 0.15) is 12.6 Å². The fourth-order valence-electron chi connectivity index (χ4n) is 4.88. The summed E-state index contributed by atoms with van der Waals surface area (Å²) in [6.45, 7) is 4.75. The number of nitrogens with zero attached hydrogens (tertiary/aromatic N) is 2. The summed E-state index contributed by atoms with van der Waals surface area (Å²) in [7, 11) is -4.37. The summed E-state index contributed by atoms with van der Waals surface area (Å²) in [5.41, 5.74) is 2.06. The number of amides is 2. The Balaban J connectivity index is 1.87. The van der Waals surface area contributed by atoms with Gasteiger partial charge >= 0.3 is 0 Å². The van der Waals surface area contributed by atoms with Crippen LogP contribution < -0.4 is 9.62 Å². The van der Waals surface area contributed by atoms with Crippen molar-refractivity contribution in [1.29, 1.82) is 0 Å². The molecule has 0 radical (unpaired) electrons. The SMILES string of the molecule is CC[C@@H](C)NC(=O)[C@H](Cc1ccccc1)N(Cc1c(Cl)cccc1Cl)C(=O)CN(c1cc(Cl)ccc1Cl)S(=O)(=O)c1ccc(C)cc1. The van der Waals surface area contributed by atoms with Crippen LogP contribution in [0, 0.1) is 6.92 Å². The predicted molar refractivity (Wildman–Crippen MR) is 191 cm³/mol. The van der Waals surface area contributed by atoms with E-state index in [1.165, 1.54) is 35.2 Å². The maximum Gasteiger partial charge on any atom is 0.264 e. The molecule has 0 aliphatic rings. The molecule has 0 aliphatic heterocycles. The van der Waals surface area contributed by atoms with Crippen LogP contribution in [-0.2, 0) is 32.6 Å². The van der Waals surface area contributed by atoms with Crippen molar-refractivity contribution in [2.24, 2.45) is 0 Å². The fourth-order valence-corrected chi connectivity index (χ4v) is 7.25. The first-order chi connectivity index (χ1) is 22.3. The second-order valence-corrected chi connectivity index (χ2v) is 14.7. The van der Waals surface area contributed by atoms with E-state index in [0.29, 0.717) is 12.0 Å². The number of anilines is 1. The van der Waals surface area contributed by atoms with Crippen LogP contribution in [0.15, 0.2) is 95.9 Å². The Morgan fingerprint density at radius 1 is 0.830 bits per heavy atom.